The number of aromatic nitrogens is 2. The van der Waals surface area contributed by atoms with Crippen molar-refractivity contribution in [1.82, 2.24) is 20.2 Å². The molecule has 7 rings (SSSR count). The Morgan fingerprint density at radius 1 is 1.11 bits per heavy atom. The van der Waals surface area contributed by atoms with Gasteiger partial charge in [-0.2, -0.15) is 9.97 Å². The molecule has 0 radical (unpaired) electrons. The molecule has 0 amide bonds. The summed E-state index contributed by atoms with van der Waals surface area (Å²) in [4.78, 5) is 16.9. The van der Waals surface area contributed by atoms with Crippen LogP contribution >= 0.6 is 0 Å². The van der Waals surface area contributed by atoms with E-state index in [1.807, 2.05) is 30.3 Å². The maximum Gasteiger partial charge on any atom is 0.318 e. The summed E-state index contributed by atoms with van der Waals surface area (Å²) in [5.74, 6) is 1.23. The van der Waals surface area contributed by atoms with Crippen LogP contribution in [0, 0.1) is 0 Å². The van der Waals surface area contributed by atoms with E-state index in [4.69, 9.17) is 14.7 Å². The van der Waals surface area contributed by atoms with Crippen LogP contribution in [0.3, 0.4) is 0 Å². The summed E-state index contributed by atoms with van der Waals surface area (Å²) >= 11 is 0. The Kier molecular flexibility index (Phi) is 6.02. The van der Waals surface area contributed by atoms with Gasteiger partial charge >= 0.3 is 6.01 Å². The summed E-state index contributed by atoms with van der Waals surface area (Å²) in [5, 5.41) is 26.6. The molecule has 0 spiro atoms. The number of benzene rings is 2. The smallest absolute Gasteiger partial charge is 0.318 e. The molecule has 3 saturated heterocycles. The van der Waals surface area contributed by atoms with Crippen LogP contribution in [0.4, 0.5) is 11.5 Å². The van der Waals surface area contributed by atoms with Gasteiger partial charge in [-0.25, -0.2) is 0 Å². The molecule has 4 aliphatic rings. The van der Waals surface area contributed by atoms with Gasteiger partial charge in [-0.15, -0.1) is 0 Å². The fraction of sp³-hybridized carbons (Fsp3) is 0.517. The summed E-state index contributed by atoms with van der Waals surface area (Å²) in [7, 11) is 2.15. The third-order valence-corrected chi connectivity index (χ3v) is 8.86. The van der Waals surface area contributed by atoms with E-state index in [2.05, 4.69) is 33.1 Å². The standard InChI is InChI=1S/C29H36N6O3/c1-33-9-4-6-20(33)17-38-29-31-24-15-34(26-13-21(36)11-18-5-2-3-7-22(18)26)10-8-23(24)28(32-29)35-14-19-12-27(37)25(16-35)30-19/h2-3,5,7,11,13,19-20,25,27,30,36-37H,4,6,8-10,12,14-17H2,1H3/t19-,20?,25-,27-/m1/s1. The molecule has 0 saturated carbocycles. The number of hydrogen-bond donors (Lipinski definition) is 3. The minimum absolute atomic E-state index is 0.0645. The van der Waals surface area contributed by atoms with Crippen molar-refractivity contribution < 1.29 is 14.9 Å². The van der Waals surface area contributed by atoms with Crippen molar-refractivity contribution in [2.75, 3.05) is 49.6 Å². The van der Waals surface area contributed by atoms with Crippen LogP contribution in [0.25, 0.3) is 10.8 Å². The van der Waals surface area contributed by atoms with Gasteiger partial charge in [0.2, 0.25) is 0 Å². The number of piperazine rings is 1. The average Bonchev–Trinajstić information content (AvgIpc) is 3.45. The van der Waals surface area contributed by atoms with E-state index in [1.54, 1.807) is 0 Å². The number of aliphatic hydroxyl groups is 1. The van der Waals surface area contributed by atoms with Crippen molar-refractivity contribution in [3.05, 3.63) is 47.7 Å². The average molecular weight is 517 g/mol. The van der Waals surface area contributed by atoms with Gasteiger partial charge in [-0.05, 0) is 50.7 Å². The molecule has 3 fully saturated rings. The lowest BCUT2D eigenvalue weighted by Gasteiger charge is -2.37. The molecule has 38 heavy (non-hydrogen) atoms. The Balaban J connectivity index is 1.23. The van der Waals surface area contributed by atoms with Gasteiger partial charge in [0.05, 0.1) is 24.4 Å². The van der Waals surface area contributed by atoms with E-state index in [9.17, 15) is 10.2 Å². The third kappa shape index (κ3) is 4.32. The number of nitrogens with one attached hydrogen (secondary N) is 1. The summed E-state index contributed by atoms with van der Waals surface area (Å²) < 4.78 is 6.26. The van der Waals surface area contributed by atoms with Gasteiger partial charge in [0.25, 0.3) is 0 Å². The summed E-state index contributed by atoms with van der Waals surface area (Å²) in [6.45, 7) is 4.67. The van der Waals surface area contributed by atoms with E-state index in [-0.39, 0.29) is 23.9 Å². The first kappa shape index (κ1) is 23.9. The lowest BCUT2D eigenvalue weighted by Crippen LogP contribution is -2.53. The number of likely N-dealkylation sites (tertiary alicyclic amines) is 1. The van der Waals surface area contributed by atoms with Crippen LogP contribution in [0.15, 0.2) is 36.4 Å². The van der Waals surface area contributed by atoms with Gasteiger partial charge in [0.1, 0.15) is 18.2 Å². The number of likely N-dealkylation sites (N-methyl/N-ethyl adjacent to an activating group) is 1. The molecule has 200 valence electrons. The maximum atomic E-state index is 10.5. The SMILES string of the molecule is CN1CCCC1COc1nc2c(c(N3C[C@H]4C[C@@H](O)[C@@H](C3)N4)n1)CCN(c1cc(O)cc3ccccc13)C2. The Hall–Kier alpha value is -3.14. The van der Waals surface area contributed by atoms with Gasteiger partial charge in [-0.1, -0.05) is 24.3 Å². The molecule has 9 heteroatoms. The van der Waals surface area contributed by atoms with Crippen molar-refractivity contribution in [2.45, 2.75) is 56.5 Å². The molecule has 9 nitrogen and oxygen atoms in total. The van der Waals surface area contributed by atoms with E-state index >= 15 is 0 Å². The number of phenols is 1. The monoisotopic (exact) mass is 516 g/mol. The normalized spacial score (nSPS) is 27.2. The second kappa shape index (κ2) is 9.55. The second-order valence-electron chi connectivity index (χ2n) is 11.4. The minimum atomic E-state index is -0.314. The van der Waals surface area contributed by atoms with Crippen LogP contribution in [0.5, 0.6) is 11.8 Å². The van der Waals surface area contributed by atoms with Gasteiger partial charge in [-0.3, -0.25) is 0 Å². The lowest BCUT2D eigenvalue weighted by atomic mass is 10.0. The molecule has 3 N–H and O–H groups in total. The molecular formula is C29H36N6O3. The molecule has 4 atom stereocenters. The number of ether oxygens (including phenoxy) is 1. The molecule has 0 aliphatic carbocycles. The van der Waals surface area contributed by atoms with Gasteiger partial charge < -0.3 is 35.0 Å². The molecule has 2 aromatic carbocycles. The van der Waals surface area contributed by atoms with Crippen molar-refractivity contribution in [2.24, 2.45) is 0 Å². The first-order valence-electron chi connectivity index (χ1n) is 13.9. The van der Waals surface area contributed by atoms with E-state index in [1.165, 1.54) is 12.0 Å². The van der Waals surface area contributed by atoms with Crippen molar-refractivity contribution in [1.29, 1.82) is 0 Å². The van der Waals surface area contributed by atoms with Crippen LogP contribution in [-0.2, 0) is 13.0 Å². The number of aliphatic hydroxyl groups excluding tert-OH is 1. The van der Waals surface area contributed by atoms with Crippen LogP contribution in [-0.4, -0.2) is 89.1 Å². The van der Waals surface area contributed by atoms with E-state index in [0.29, 0.717) is 25.2 Å². The highest BCUT2D eigenvalue weighted by molar-refractivity contribution is 5.95. The highest BCUT2D eigenvalue weighted by Crippen LogP contribution is 2.37. The Morgan fingerprint density at radius 3 is 2.84 bits per heavy atom. The Bertz CT molecular complexity index is 1350. The zero-order valence-corrected chi connectivity index (χ0v) is 21.9. The molecule has 1 unspecified atom stereocenters. The van der Waals surface area contributed by atoms with Gasteiger partial charge in [0.15, 0.2) is 0 Å². The van der Waals surface area contributed by atoms with Crippen LogP contribution in [0.1, 0.15) is 30.5 Å². The Morgan fingerprint density at radius 2 is 2.00 bits per heavy atom. The molecular weight excluding hydrogens is 480 g/mol. The minimum Gasteiger partial charge on any atom is -0.508 e. The first-order chi connectivity index (χ1) is 18.5. The summed E-state index contributed by atoms with van der Waals surface area (Å²) in [6, 6.07) is 13.0. The summed E-state index contributed by atoms with van der Waals surface area (Å²) in [5.41, 5.74) is 3.17. The lowest BCUT2D eigenvalue weighted by molar-refractivity contribution is 0.162. The maximum absolute atomic E-state index is 10.5. The summed E-state index contributed by atoms with van der Waals surface area (Å²) in [6.07, 6.45) is 3.60. The predicted octanol–water partition coefficient (Wildman–Crippen LogP) is 2.28. The number of rotatable bonds is 5. The first-order valence-corrected chi connectivity index (χ1v) is 13.9. The number of aromatic hydroxyl groups is 1. The van der Waals surface area contributed by atoms with E-state index < -0.39 is 0 Å². The number of fused-ring (bicyclic) bond motifs is 4. The third-order valence-electron chi connectivity index (χ3n) is 8.86. The topological polar surface area (TPSA) is 97.2 Å². The quantitative estimate of drug-likeness (QED) is 0.472. The Labute approximate surface area is 223 Å². The van der Waals surface area contributed by atoms with Crippen LogP contribution < -0.4 is 19.9 Å². The molecule has 2 bridgehead atoms. The fourth-order valence-electron chi connectivity index (χ4n) is 6.81. The number of nitrogens with zero attached hydrogens (tertiary/aromatic N) is 5. The second-order valence-corrected chi connectivity index (χ2v) is 11.4. The number of anilines is 2. The molecule has 1 aromatic heterocycles. The van der Waals surface area contributed by atoms with Crippen molar-refractivity contribution in [3.8, 4) is 11.8 Å². The van der Waals surface area contributed by atoms with E-state index in [0.717, 1.165) is 73.4 Å². The molecule has 3 aromatic rings. The van der Waals surface area contributed by atoms with Crippen molar-refractivity contribution in [3.63, 3.8) is 0 Å². The van der Waals surface area contributed by atoms with Crippen LogP contribution in [0.2, 0.25) is 0 Å². The predicted molar refractivity (Wildman–Crippen MR) is 147 cm³/mol. The molecule has 4 aliphatic heterocycles. The zero-order valence-electron chi connectivity index (χ0n) is 21.9. The fourth-order valence-corrected chi connectivity index (χ4v) is 6.81. The van der Waals surface area contributed by atoms with Crippen molar-refractivity contribution >= 4 is 22.3 Å². The van der Waals surface area contributed by atoms with Gasteiger partial charge in [0, 0.05) is 54.4 Å². The molecule has 5 heterocycles. The highest BCUT2D eigenvalue weighted by atomic mass is 16.5. The largest absolute Gasteiger partial charge is 0.508 e. The number of phenolic OH excluding ortho intramolecular Hbond substituents is 1. The zero-order chi connectivity index (χ0) is 25.8. The number of hydrogen-bond acceptors (Lipinski definition) is 9. The highest BCUT2D eigenvalue weighted by Gasteiger charge is 2.40.